The predicted molar refractivity (Wildman–Crippen MR) is 87.2 cm³/mol. The molecule has 0 saturated carbocycles. The minimum atomic E-state index is -4.55. The summed E-state index contributed by atoms with van der Waals surface area (Å²) < 4.78 is 66.6. The first-order valence-corrected chi connectivity index (χ1v) is 8.26. The zero-order chi connectivity index (χ0) is 19.8. The molecule has 1 aromatic carbocycles. The summed E-state index contributed by atoms with van der Waals surface area (Å²) in [6.07, 6.45) is -4.15. The van der Waals surface area contributed by atoms with Gasteiger partial charge in [-0.3, -0.25) is 0 Å². The molecular formula is C17H18F5N5. The van der Waals surface area contributed by atoms with Crippen LogP contribution in [0.2, 0.25) is 0 Å². The van der Waals surface area contributed by atoms with Gasteiger partial charge in [0.05, 0.1) is 6.54 Å². The van der Waals surface area contributed by atoms with E-state index in [0.717, 1.165) is 22.8 Å². The van der Waals surface area contributed by atoms with Crippen LogP contribution < -0.4 is 5.73 Å². The van der Waals surface area contributed by atoms with Crippen LogP contribution in [-0.2, 0) is 25.7 Å². The van der Waals surface area contributed by atoms with Crippen molar-refractivity contribution in [1.82, 2.24) is 19.7 Å². The summed E-state index contributed by atoms with van der Waals surface area (Å²) in [7, 11) is 0. The Hall–Kier alpha value is -2.49. The maximum absolute atomic E-state index is 13.7. The number of halogens is 5. The molecule has 2 aromatic rings. The van der Waals surface area contributed by atoms with Crippen molar-refractivity contribution in [3.05, 3.63) is 59.3 Å². The molecule has 0 bridgehead atoms. The minimum absolute atomic E-state index is 0.0734. The molecule has 1 aliphatic rings. The van der Waals surface area contributed by atoms with Crippen LogP contribution in [0.4, 0.5) is 22.0 Å². The van der Waals surface area contributed by atoms with E-state index >= 15 is 0 Å². The van der Waals surface area contributed by atoms with Crippen LogP contribution in [0.3, 0.4) is 0 Å². The number of fused-ring (bicyclic) bond motifs is 1. The highest BCUT2D eigenvalue weighted by Gasteiger charge is 2.39. The van der Waals surface area contributed by atoms with Gasteiger partial charge in [0.2, 0.25) is 5.82 Å². The first-order valence-electron chi connectivity index (χ1n) is 8.26. The average Bonchev–Trinajstić information content (AvgIpc) is 3.01. The van der Waals surface area contributed by atoms with Crippen molar-refractivity contribution >= 4 is 0 Å². The summed E-state index contributed by atoms with van der Waals surface area (Å²) in [5.41, 5.74) is 6.80. The Labute approximate surface area is 152 Å². The lowest BCUT2D eigenvalue weighted by Gasteiger charge is -2.32. The second-order valence-corrected chi connectivity index (χ2v) is 6.48. The summed E-state index contributed by atoms with van der Waals surface area (Å²) in [5.74, 6) is -1.91. The Morgan fingerprint density at radius 2 is 1.96 bits per heavy atom. The van der Waals surface area contributed by atoms with Crippen LogP contribution in [0.1, 0.15) is 23.6 Å². The Kier molecular flexibility index (Phi) is 5.18. The molecule has 3 rings (SSSR count). The van der Waals surface area contributed by atoms with Gasteiger partial charge in [-0.05, 0) is 30.2 Å². The minimum Gasteiger partial charge on any atom is -0.366 e. The number of aromatic nitrogens is 3. The zero-order valence-electron chi connectivity index (χ0n) is 14.3. The number of benzene rings is 1. The van der Waals surface area contributed by atoms with Gasteiger partial charge in [-0.25, -0.2) is 8.78 Å². The van der Waals surface area contributed by atoms with Crippen molar-refractivity contribution < 1.29 is 22.0 Å². The van der Waals surface area contributed by atoms with E-state index in [4.69, 9.17) is 5.73 Å². The Balaban J connectivity index is 1.62. The molecular weight excluding hydrogens is 369 g/mol. The summed E-state index contributed by atoms with van der Waals surface area (Å²) in [6, 6.07) is 2.66. The summed E-state index contributed by atoms with van der Waals surface area (Å²) in [4.78, 5) is 1.77. The molecule has 0 radical (unpaired) electrons. The molecule has 2 N–H and O–H groups in total. The molecule has 0 unspecified atom stereocenters. The maximum atomic E-state index is 13.7. The molecule has 146 valence electrons. The summed E-state index contributed by atoms with van der Waals surface area (Å²) >= 11 is 0. The van der Waals surface area contributed by atoms with Gasteiger partial charge in [-0.2, -0.15) is 13.2 Å². The van der Waals surface area contributed by atoms with Crippen molar-refractivity contribution in [2.45, 2.75) is 38.1 Å². The lowest BCUT2D eigenvalue weighted by atomic mass is 10.0. The van der Waals surface area contributed by atoms with Crippen LogP contribution >= 0.6 is 0 Å². The third-order valence-corrected chi connectivity index (χ3v) is 4.44. The zero-order valence-corrected chi connectivity index (χ0v) is 14.3. The normalized spacial score (nSPS) is 15.6. The van der Waals surface area contributed by atoms with Crippen molar-refractivity contribution in [3.63, 3.8) is 0 Å². The van der Waals surface area contributed by atoms with Crippen LogP contribution in [0.25, 0.3) is 0 Å². The first kappa shape index (κ1) is 19.3. The number of hydrogen-bond donors (Lipinski definition) is 1. The third-order valence-electron chi connectivity index (χ3n) is 4.44. The molecule has 0 fully saturated rings. The highest BCUT2D eigenvalue weighted by Crippen LogP contribution is 2.30. The molecule has 2 heterocycles. The number of nitrogens with zero attached hydrogens (tertiary/aromatic N) is 4. The SMILES string of the molecule is C=C(C[C@H](N)Cc1cc(F)ccc1F)N1CCn2c(nnc2C(F)(F)F)C1. The van der Waals surface area contributed by atoms with Crippen LogP contribution in [0.15, 0.2) is 30.5 Å². The quantitative estimate of drug-likeness (QED) is 0.802. The monoisotopic (exact) mass is 387 g/mol. The van der Waals surface area contributed by atoms with E-state index in [1.165, 1.54) is 0 Å². The fourth-order valence-electron chi connectivity index (χ4n) is 3.12. The van der Waals surface area contributed by atoms with Crippen molar-refractivity contribution in [1.29, 1.82) is 0 Å². The van der Waals surface area contributed by atoms with E-state index in [9.17, 15) is 22.0 Å². The standard InChI is InChI=1S/C17H18F5N5/c1-10(6-13(23)8-11-7-12(18)2-3-14(11)19)26-4-5-27-15(9-26)24-25-16(27)17(20,21)22/h2-3,7,13H,1,4-6,8-9,23H2/t13-/m0/s1. The van der Waals surface area contributed by atoms with Crippen LogP contribution in [0, 0.1) is 11.6 Å². The van der Waals surface area contributed by atoms with E-state index in [0.29, 0.717) is 12.2 Å². The molecule has 0 saturated heterocycles. The predicted octanol–water partition coefficient (Wildman–Crippen LogP) is 2.86. The van der Waals surface area contributed by atoms with Gasteiger partial charge in [0, 0.05) is 31.2 Å². The van der Waals surface area contributed by atoms with E-state index < -0.39 is 29.7 Å². The second kappa shape index (κ2) is 7.26. The molecule has 10 heteroatoms. The third kappa shape index (κ3) is 4.26. The van der Waals surface area contributed by atoms with Crippen molar-refractivity contribution in [3.8, 4) is 0 Å². The number of nitrogens with two attached hydrogens (primary N) is 1. The Morgan fingerprint density at radius 3 is 2.67 bits per heavy atom. The fourth-order valence-corrected chi connectivity index (χ4v) is 3.12. The second-order valence-electron chi connectivity index (χ2n) is 6.48. The molecule has 1 aromatic heterocycles. The van der Waals surface area contributed by atoms with Crippen molar-refractivity contribution in [2.24, 2.45) is 5.73 Å². The first-order chi connectivity index (χ1) is 12.6. The van der Waals surface area contributed by atoms with Gasteiger partial charge in [-0.15, -0.1) is 10.2 Å². The molecule has 0 aliphatic carbocycles. The Bertz CT molecular complexity index is 845. The van der Waals surface area contributed by atoms with Crippen LogP contribution in [-0.4, -0.2) is 32.3 Å². The van der Waals surface area contributed by atoms with Gasteiger partial charge >= 0.3 is 6.18 Å². The molecule has 0 amide bonds. The van der Waals surface area contributed by atoms with E-state index in [2.05, 4.69) is 16.8 Å². The summed E-state index contributed by atoms with van der Waals surface area (Å²) in [6.45, 7) is 4.43. The topological polar surface area (TPSA) is 60.0 Å². The average molecular weight is 387 g/mol. The van der Waals surface area contributed by atoms with Gasteiger partial charge in [0.15, 0.2) is 5.82 Å². The molecule has 1 aliphatic heterocycles. The lowest BCUT2D eigenvalue weighted by Crippen LogP contribution is -2.36. The lowest BCUT2D eigenvalue weighted by molar-refractivity contribution is -0.147. The highest BCUT2D eigenvalue weighted by molar-refractivity contribution is 5.20. The molecule has 0 spiro atoms. The largest absolute Gasteiger partial charge is 0.451 e. The van der Waals surface area contributed by atoms with Gasteiger partial charge in [0.1, 0.15) is 11.6 Å². The van der Waals surface area contributed by atoms with Gasteiger partial charge in [-0.1, -0.05) is 6.58 Å². The fraction of sp³-hybridized carbons (Fsp3) is 0.412. The summed E-state index contributed by atoms with van der Waals surface area (Å²) in [5, 5.41) is 6.84. The van der Waals surface area contributed by atoms with Gasteiger partial charge in [0.25, 0.3) is 0 Å². The van der Waals surface area contributed by atoms with E-state index in [1.807, 2.05) is 0 Å². The maximum Gasteiger partial charge on any atom is 0.451 e. The van der Waals surface area contributed by atoms with Gasteiger partial charge < -0.3 is 15.2 Å². The Morgan fingerprint density at radius 1 is 1.22 bits per heavy atom. The number of hydrogen-bond acceptors (Lipinski definition) is 4. The molecule has 5 nitrogen and oxygen atoms in total. The molecule has 1 atom stereocenters. The highest BCUT2D eigenvalue weighted by atomic mass is 19.4. The van der Waals surface area contributed by atoms with Crippen LogP contribution in [0.5, 0.6) is 0 Å². The van der Waals surface area contributed by atoms with Crippen molar-refractivity contribution in [2.75, 3.05) is 6.54 Å². The van der Waals surface area contributed by atoms with E-state index in [-0.39, 0.29) is 37.3 Å². The number of rotatable bonds is 5. The molecule has 27 heavy (non-hydrogen) atoms. The smallest absolute Gasteiger partial charge is 0.366 e. The van der Waals surface area contributed by atoms with E-state index in [1.54, 1.807) is 4.90 Å². The number of alkyl halides is 3.